The molecular weight excluding hydrogens is 430 g/mol. The summed E-state index contributed by atoms with van der Waals surface area (Å²) in [4.78, 5) is 14.2. The number of benzene rings is 2. The predicted molar refractivity (Wildman–Crippen MR) is 123 cm³/mol. The maximum Gasteiger partial charge on any atom is 0.191 e. The molecule has 0 radical (unpaired) electrons. The van der Waals surface area contributed by atoms with E-state index in [2.05, 4.69) is 15.5 Å². The molecule has 7 nitrogen and oxygen atoms in total. The number of aryl methyl sites for hydroxylation is 1. The lowest BCUT2D eigenvalue weighted by Crippen LogP contribution is -1.98. The van der Waals surface area contributed by atoms with Gasteiger partial charge in [0.05, 0.1) is 25.4 Å². The van der Waals surface area contributed by atoms with Crippen molar-refractivity contribution in [2.24, 2.45) is 0 Å². The molecule has 5 aromatic rings. The zero-order valence-electron chi connectivity index (χ0n) is 17.2. The molecule has 31 heavy (non-hydrogen) atoms. The first kappa shape index (κ1) is 19.8. The van der Waals surface area contributed by atoms with Crippen LogP contribution >= 0.6 is 23.1 Å². The third kappa shape index (κ3) is 3.70. The molecule has 0 spiro atoms. The third-order valence-corrected chi connectivity index (χ3v) is 6.69. The van der Waals surface area contributed by atoms with Gasteiger partial charge in [0.25, 0.3) is 0 Å². The second kappa shape index (κ2) is 8.16. The fourth-order valence-corrected chi connectivity index (χ4v) is 5.10. The highest BCUT2D eigenvalue weighted by atomic mass is 32.2. The van der Waals surface area contributed by atoms with Gasteiger partial charge in [0.15, 0.2) is 22.3 Å². The lowest BCUT2D eigenvalue weighted by Gasteiger charge is -2.08. The fourth-order valence-electron chi connectivity index (χ4n) is 3.34. The second-order valence-corrected chi connectivity index (χ2v) is 8.61. The van der Waals surface area contributed by atoms with E-state index in [1.54, 1.807) is 37.3 Å². The van der Waals surface area contributed by atoms with Gasteiger partial charge in [-0.05, 0) is 37.3 Å². The molecule has 3 heterocycles. The number of para-hydroxylation sites is 1. The number of hydrogen-bond acceptors (Lipinski definition) is 8. The Labute approximate surface area is 187 Å². The molecule has 0 N–H and O–H groups in total. The molecule has 2 aromatic carbocycles. The molecule has 5 rings (SSSR count). The Bertz CT molecular complexity index is 1400. The van der Waals surface area contributed by atoms with E-state index in [1.807, 2.05) is 53.9 Å². The molecule has 3 aromatic heterocycles. The van der Waals surface area contributed by atoms with Crippen LogP contribution in [0.25, 0.3) is 27.1 Å². The molecule has 0 unspecified atom stereocenters. The summed E-state index contributed by atoms with van der Waals surface area (Å²) in [6.45, 7) is 1.89. The van der Waals surface area contributed by atoms with Crippen molar-refractivity contribution in [3.05, 3.63) is 59.4 Å². The molecule has 9 heteroatoms. The number of nitrogens with zero attached hydrogens (tertiary/aromatic N) is 5. The Hall–Kier alpha value is -3.17. The van der Waals surface area contributed by atoms with Gasteiger partial charge in [0.1, 0.15) is 10.8 Å². The summed E-state index contributed by atoms with van der Waals surface area (Å²) in [5.41, 5.74) is 3.72. The molecule has 0 aliphatic carbocycles. The highest BCUT2D eigenvalue weighted by Crippen LogP contribution is 2.34. The van der Waals surface area contributed by atoms with Gasteiger partial charge in [-0.25, -0.2) is 15.0 Å². The zero-order chi connectivity index (χ0) is 21.4. The normalized spacial score (nSPS) is 11.3. The van der Waals surface area contributed by atoms with E-state index in [0.717, 1.165) is 43.8 Å². The van der Waals surface area contributed by atoms with Gasteiger partial charge in [0, 0.05) is 22.1 Å². The van der Waals surface area contributed by atoms with Crippen LogP contribution in [0.15, 0.2) is 53.0 Å². The van der Waals surface area contributed by atoms with Gasteiger partial charge in [-0.3, -0.25) is 0 Å². The van der Waals surface area contributed by atoms with E-state index >= 15 is 0 Å². The average molecular weight is 450 g/mol. The third-order valence-electron chi connectivity index (χ3n) is 4.79. The molecule has 0 aliphatic heterocycles. The van der Waals surface area contributed by atoms with Gasteiger partial charge >= 0.3 is 0 Å². The summed E-state index contributed by atoms with van der Waals surface area (Å²) in [6, 6.07) is 13.8. The molecule has 0 fully saturated rings. The number of methoxy groups -OCH3 is 2. The van der Waals surface area contributed by atoms with E-state index in [-0.39, 0.29) is 0 Å². The first-order valence-corrected chi connectivity index (χ1v) is 11.4. The van der Waals surface area contributed by atoms with E-state index in [4.69, 9.17) is 19.4 Å². The van der Waals surface area contributed by atoms with Crippen molar-refractivity contribution in [3.8, 4) is 22.1 Å². The van der Waals surface area contributed by atoms with Gasteiger partial charge in [0.2, 0.25) is 0 Å². The number of rotatable bonds is 6. The topological polar surface area (TPSA) is 74.4 Å². The Morgan fingerprint density at radius 2 is 1.84 bits per heavy atom. The van der Waals surface area contributed by atoms with Crippen molar-refractivity contribution < 1.29 is 9.47 Å². The van der Waals surface area contributed by atoms with Gasteiger partial charge in [-0.15, -0.1) is 16.4 Å². The monoisotopic (exact) mass is 449 g/mol. The fraction of sp³-hybridized carbons (Fsp3) is 0.182. The van der Waals surface area contributed by atoms with Crippen LogP contribution in [0.4, 0.5) is 0 Å². The van der Waals surface area contributed by atoms with E-state index < -0.39 is 0 Å². The Balaban J connectivity index is 1.42. The molecule has 0 amide bonds. The van der Waals surface area contributed by atoms with Crippen molar-refractivity contribution in [1.82, 2.24) is 24.6 Å². The molecule has 0 saturated heterocycles. The molecular formula is C22H19N5O2S2. The largest absolute Gasteiger partial charge is 0.493 e. The number of thioether (sulfide) groups is 1. The minimum atomic E-state index is 0.684. The highest BCUT2D eigenvalue weighted by molar-refractivity contribution is 7.98. The van der Waals surface area contributed by atoms with Gasteiger partial charge in [-0.2, -0.15) is 4.52 Å². The molecule has 0 aliphatic rings. The standard InChI is InChI=1S/C22H19N5O2S2/c1-13-23-20-16-6-4-5-7-17(16)25-22(27(20)26-13)31-12-15-11-30-21(24-15)14-8-9-18(28-2)19(10-14)29-3/h4-11H,12H2,1-3H3. The first-order chi connectivity index (χ1) is 15.2. The predicted octanol–water partition coefficient (Wildman–Crippen LogP) is 5.02. The molecule has 0 atom stereocenters. The van der Waals surface area contributed by atoms with Crippen LogP contribution in [0, 0.1) is 6.92 Å². The minimum absolute atomic E-state index is 0.684. The summed E-state index contributed by atoms with van der Waals surface area (Å²) >= 11 is 3.21. The minimum Gasteiger partial charge on any atom is -0.493 e. The Morgan fingerprint density at radius 1 is 1.00 bits per heavy atom. The molecule has 0 bridgehead atoms. The second-order valence-electron chi connectivity index (χ2n) is 6.81. The van der Waals surface area contributed by atoms with Crippen LogP contribution in [0.5, 0.6) is 11.5 Å². The number of fused-ring (bicyclic) bond motifs is 3. The van der Waals surface area contributed by atoms with Gasteiger partial charge in [-0.1, -0.05) is 23.9 Å². The smallest absolute Gasteiger partial charge is 0.191 e. The summed E-state index contributed by atoms with van der Waals surface area (Å²) in [5.74, 6) is 2.80. The molecule has 0 saturated carbocycles. The highest BCUT2D eigenvalue weighted by Gasteiger charge is 2.14. The summed E-state index contributed by atoms with van der Waals surface area (Å²) < 4.78 is 12.6. The Kier molecular flexibility index (Phi) is 5.21. The average Bonchev–Trinajstić information content (AvgIpc) is 3.43. The lowest BCUT2D eigenvalue weighted by molar-refractivity contribution is 0.355. The summed E-state index contributed by atoms with van der Waals surface area (Å²) in [6.07, 6.45) is 0. The van der Waals surface area contributed by atoms with E-state index in [0.29, 0.717) is 17.3 Å². The number of hydrogen-bond donors (Lipinski definition) is 0. The van der Waals surface area contributed by atoms with Crippen LogP contribution in [-0.4, -0.2) is 38.8 Å². The number of ether oxygens (including phenoxy) is 2. The van der Waals surface area contributed by atoms with Crippen molar-refractivity contribution >= 4 is 39.6 Å². The summed E-state index contributed by atoms with van der Waals surface area (Å²) in [7, 11) is 3.26. The lowest BCUT2D eigenvalue weighted by atomic mass is 10.2. The SMILES string of the molecule is COc1ccc(-c2nc(CSc3nc4ccccc4c4nc(C)nn34)cs2)cc1OC. The van der Waals surface area contributed by atoms with Crippen LogP contribution in [0.3, 0.4) is 0 Å². The van der Waals surface area contributed by atoms with E-state index in [1.165, 1.54) is 0 Å². The van der Waals surface area contributed by atoms with Gasteiger partial charge < -0.3 is 9.47 Å². The van der Waals surface area contributed by atoms with E-state index in [9.17, 15) is 0 Å². The van der Waals surface area contributed by atoms with Crippen LogP contribution in [-0.2, 0) is 5.75 Å². The maximum atomic E-state index is 5.41. The van der Waals surface area contributed by atoms with Crippen molar-refractivity contribution in [3.63, 3.8) is 0 Å². The number of thiazole rings is 1. The maximum absolute atomic E-state index is 5.41. The first-order valence-electron chi connectivity index (χ1n) is 9.58. The van der Waals surface area contributed by atoms with Crippen LogP contribution in [0.1, 0.15) is 11.5 Å². The van der Waals surface area contributed by atoms with Crippen molar-refractivity contribution in [2.45, 2.75) is 17.8 Å². The van der Waals surface area contributed by atoms with Crippen LogP contribution in [0.2, 0.25) is 0 Å². The van der Waals surface area contributed by atoms with Crippen molar-refractivity contribution in [1.29, 1.82) is 0 Å². The van der Waals surface area contributed by atoms with Crippen molar-refractivity contribution in [2.75, 3.05) is 14.2 Å². The van der Waals surface area contributed by atoms with Crippen LogP contribution < -0.4 is 9.47 Å². The number of aromatic nitrogens is 5. The Morgan fingerprint density at radius 3 is 2.68 bits per heavy atom. The zero-order valence-corrected chi connectivity index (χ0v) is 18.8. The quantitative estimate of drug-likeness (QED) is 0.266. The molecule has 156 valence electrons. The summed E-state index contributed by atoms with van der Waals surface area (Å²) in [5, 5.41) is 9.35.